The first kappa shape index (κ1) is 16.0. The number of aliphatic hydroxyl groups is 2. The van der Waals surface area contributed by atoms with Gasteiger partial charge in [-0.25, -0.2) is 0 Å². The minimum absolute atomic E-state index is 0.300. The minimum atomic E-state index is -0.900. The van der Waals surface area contributed by atoms with Crippen LogP contribution in [0.3, 0.4) is 0 Å². The highest BCUT2D eigenvalue weighted by Crippen LogP contribution is 2.19. The zero-order valence-electron chi connectivity index (χ0n) is 13.4. The molecule has 0 unspecified atom stereocenters. The molecule has 0 spiro atoms. The largest absolute Gasteiger partial charge is 0.465 e. The van der Waals surface area contributed by atoms with Gasteiger partial charge in [-0.1, -0.05) is 5.57 Å². The molecule has 0 aromatic carbocycles. The topological polar surface area (TPSA) is 74.7 Å². The first-order valence-corrected chi connectivity index (χ1v) is 7.94. The fourth-order valence-electron chi connectivity index (χ4n) is 2.96. The van der Waals surface area contributed by atoms with E-state index < -0.39 is 6.10 Å². The van der Waals surface area contributed by atoms with Gasteiger partial charge in [-0.3, -0.25) is 9.58 Å². The third-order valence-electron chi connectivity index (χ3n) is 4.03. The average molecular weight is 317 g/mol. The van der Waals surface area contributed by atoms with Gasteiger partial charge in [0.2, 0.25) is 0 Å². The van der Waals surface area contributed by atoms with Crippen LogP contribution in [0.1, 0.15) is 36.6 Å². The van der Waals surface area contributed by atoms with Crippen LogP contribution in [0.15, 0.2) is 34.5 Å². The van der Waals surface area contributed by atoms with Crippen LogP contribution in [0.5, 0.6) is 0 Å². The van der Waals surface area contributed by atoms with Gasteiger partial charge in [0, 0.05) is 26.2 Å². The van der Waals surface area contributed by atoms with Gasteiger partial charge < -0.3 is 14.6 Å². The third-order valence-corrected chi connectivity index (χ3v) is 4.03. The zero-order valence-corrected chi connectivity index (χ0v) is 13.4. The van der Waals surface area contributed by atoms with Gasteiger partial charge in [0.25, 0.3) is 0 Å². The normalized spacial score (nSPS) is 17.8. The number of furan rings is 1. The molecule has 6 nitrogen and oxygen atoms in total. The molecule has 0 radical (unpaired) electrons. The Hall–Kier alpha value is -1.89. The van der Waals surface area contributed by atoms with Crippen molar-refractivity contribution in [2.75, 3.05) is 19.7 Å². The van der Waals surface area contributed by atoms with Crippen LogP contribution in [0.4, 0.5) is 0 Å². The van der Waals surface area contributed by atoms with Crippen LogP contribution in [0.25, 0.3) is 6.08 Å². The molecule has 0 amide bonds. The lowest BCUT2D eigenvalue weighted by Gasteiger charge is -2.19. The fourth-order valence-corrected chi connectivity index (χ4v) is 2.96. The molecule has 0 bridgehead atoms. The summed E-state index contributed by atoms with van der Waals surface area (Å²) in [7, 11) is 0. The number of hydrogen-bond donors (Lipinski definition) is 2. The SMILES string of the molecule is C/C(=C\c1ccco1)CN1CCCn2nc([C@H](O)CO)cc2C1. The second-order valence-corrected chi connectivity index (χ2v) is 6.05. The highest BCUT2D eigenvalue weighted by molar-refractivity contribution is 5.46. The monoisotopic (exact) mass is 317 g/mol. The average Bonchev–Trinajstić information content (AvgIpc) is 3.13. The molecule has 0 aliphatic carbocycles. The van der Waals surface area contributed by atoms with Crippen molar-refractivity contribution < 1.29 is 14.6 Å². The predicted octanol–water partition coefficient (Wildman–Crippen LogP) is 1.81. The quantitative estimate of drug-likeness (QED) is 0.880. The molecule has 3 rings (SSSR count). The van der Waals surface area contributed by atoms with Crippen LogP contribution in [-0.2, 0) is 13.1 Å². The number of nitrogens with zero attached hydrogens (tertiary/aromatic N) is 3. The van der Waals surface area contributed by atoms with E-state index in [-0.39, 0.29) is 6.61 Å². The van der Waals surface area contributed by atoms with Gasteiger partial charge in [-0.2, -0.15) is 5.10 Å². The Kier molecular flexibility index (Phi) is 4.95. The Labute approximate surface area is 135 Å². The molecule has 2 N–H and O–H groups in total. The van der Waals surface area contributed by atoms with Gasteiger partial charge in [-0.15, -0.1) is 0 Å². The van der Waals surface area contributed by atoms with Crippen LogP contribution < -0.4 is 0 Å². The molecule has 23 heavy (non-hydrogen) atoms. The molecule has 124 valence electrons. The highest BCUT2D eigenvalue weighted by atomic mass is 16.3. The maximum Gasteiger partial charge on any atom is 0.126 e. The van der Waals surface area contributed by atoms with Crippen LogP contribution in [-0.4, -0.2) is 44.6 Å². The van der Waals surface area contributed by atoms with Gasteiger partial charge >= 0.3 is 0 Å². The maximum absolute atomic E-state index is 9.74. The molecule has 6 heteroatoms. The highest BCUT2D eigenvalue weighted by Gasteiger charge is 2.19. The Morgan fingerprint density at radius 2 is 2.35 bits per heavy atom. The molecular weight excluding hydrogens is 294 g/mol. The summed E-state index contributed by atoms with van der Waals surface area (Å²) in [4.78, 5) is 2.37. The number of fused-ring (bicyclic) bond motifs is 1. The summed E-state index contributed by atoms with van der Waals surface area (Å²) in [5.41, 5.74) is 2.87. The van der Waals surface area contributed by atoms with Crippen molar-refractivity contribution in [3.05, 3.63) is 47.2 Å². The Morgan fingerprint density at radius 3 is 3.09 bits per heavy atom. The first-order valence-electron chi connectivity index (χ1n) is 7.94. The smallest absolute Gasteiger partial charge is 0.126 e. The van der Waals surface area contributed by atoms with Crippen molar-refractivity contribution in [3.63, 3.8) is 0 Å². The summed E-state index contributed by atoms with van der Waals surface area (Å²) < 4.78 is 7.30. The van der Waals surface area contributed by atoms with Gasteiger partial charge in [0.05, 0.1) is 24.3 Å². The number of hydrogen-bond acceptors (Lipinski definition) is 5. The Morgan fingerprint density at radius 1 is 1.48 bits per heavy atom. The standard InChI is InChI=1S/C17H23N3O3/c1-13(8-15-4-2-7-23-15)10-19-5-3-6-20-14(11-19)9-16(18-20)17(22)12-21/h2,4,7-9,17,21-22H,3,5-6,10-12H2,1H3/b13-8+/t17-/m1/s1. The predicted molar refractivity (Wildman–Crippen MR) is 86.5 cm³/mol. The van der Waals surface area contributed by atoms with Crippen LogP contribution >= 0.6 is 0 Å². The second kappa shape index (κ2) is 7.12. The molecule has 1 aliphatic rings. The van der Waals surface area contributed by atoms with Crippen LogP contribution in [0.2, 0.25) is 0 Å². The number of aliphatic hydroxyl groups excluding tert-OH is 2. The molecule has 0 saturated carbocycles. The van der Waals surface area contributed by atoms with Crippen molar-refractivity contribution in [1.82, 2.24) is 14.7 Å². The Balaban J connectivity index is 1.69. The van der Waals surface area contributed by atoms with E-state index in [4.69, 9.17) is 9.52 Å². The lowest BCUT2D eigenvalue weighted by atomic mass is 10.2. The lowest BCUT2D eigenvalue weighted by Crippen LogP contribution is -2.25. The van der Waals surface area contributed by atoms with E-state index in [0.717, 1.165) is 44.1 Å². The molecule has 1 aliphatic heterocycles. The number of rotatable bonds is 5. The van der Waals surface area contributed by atoms with E-state index in [0.29, 0.717) is 5.69 Å². The summed E-state index contributed by atoms with van der Waals surface area (Å²) in [6, 6.07) is 5.73. The summed E-state index contributed by atoms with van der Waals surface area (Å²) in [5, 5.41) is 23.2. The van der Waals surface area contributed by atoms with Gasteiger partial charge in [0.1, 0.15) is 11.9 Å². The molecule has 0 fully saturated rings. The Bertz CT molecular complexity index is 661. The summed E-state index contributed by atoms with van der Waals surface area (Å²) in [5.74, 6) is 0.871. The van der Waals surface area contributed by atoms with E-state index in [2.05, 4.69) is 23.0 Å². The molecule has 0 saturated heterocycles. The lowest BCUT2D eigenvalue weighted by molar-refractivity contribution is 0.0916. The molecular formula is C17H23N3O3. The van der Waals surface area contributed by atoms with Gasteiger partial charge in [0.15, 0.2) is 0 Å². The van der Waals surface area contributed by atoms with E-state index in [9.17, 15) is 5.11 Å². The van der Waals surface area contributed by atoms with E-state index in [1.165, 1.54) is 5.57 Å². The van der Waals surface area contributed by atoms with Gasteiger partial charge in [-0.05, 0) is 37.6 Å². The first-order chi connectivity index (χ1) is 11.2. The van der Waals surface area contributed by atoms with Crippen molar-refractivity contribution in [2.45, 2.75) is 32.5 Å². The van der Waals surface area contributed by atoms with Crippen molar-refractivity contribution in [3.8, 4) is 0 Å². The van der Waals surface area contributed by atoms with Crippen molar-refractivity contribution in [1.29, 1.82) is 0 Å². The van der Waals surface area contributed by atoms with Crippen molar-refractivity contribution in [2.24, 2.45) is 0 Å². The molecule has 1 atom stereocenters. The van der Waals surface area contributed by atoms with Crippen LogP contribution in [0, 0.1) is 0 Å². The van der Waals surface area contributed by atoms with E-state index in [1.54, 1.807) is 6.26 Å². The molecule has 2 aromatic heterocycles. The summed E-state index contributed by atoms with van der Waals surface area (Å²) >= 11 is 0. The minimum Gasteiger partial charge on any atom is -0.465 e. The summed E-state index contributed by atoms with van der Waals surface area (Å²) in [6.07, 6.45) is 3.85. The van der Waals surface area contributed by atoms with Crippen molar-refractivity contribution >= 4 is 6.08 Å². The third kappa shape index (κ3) is 3.90. The maximum atomic E-state index is 9.74. The molecule has 2 aromatic rings. The number of aryl methyl sites for hydroxylation is 1. The number of aromatic nitrogens is 2. The fraction of sp³-hybridized carbons (Fsp3) is 0.471. The van der Waals surface area contributed by atoms with E-state index >= 15 is 0 Å². The van der Waals surface area contributed by atoms with E-state index in [1.807, 2.05) is 22.9 Å². The second-order valence-electron chi connectivity index (χ2n) is 6.05. The zero-order chi connectivity index (χ0) is 16.2. The summed E-state index contributed by atoms with van der Waals surface area (Å²) in [6.45, 7) is 5.30. The molecule has 3 heterocycles.